The van der Waals surface area contributed by atoms with Gasteiger partial charge in [-0.1, -0.05) is 29.8 Å². The SMILES string of the molecule is CCN(C)C(=O)NCCc1ccccc1Cl. The summed E-state index contributed by atoms with van der Waals surface area (Å²) < 4.78 is 0. The topological polar surface area (TPSA) is 32.3 Å². The van der Waals surface area contributed by atoms with Gasteiger partial charge in [-0.15, -0.1) is 0 Å². The molecule has 0 aliphatic rings. The number of nitrogens with one attached hydrogen (secondary N) is 1. The Balaban J connectivity index is 2.36. The van der Waals surface area contributed by atoms with Crippen LogP contribution in [0.2, 0.25) is 5.02 Å². The number of hydrogen-bond donors (Lipinski definition) is 1. The maximum Gasteiger partial charge on any atom is 0.317 e. The molecule has 16 heavy (non-hydrogen) atoms. The zero-order valence-corrected chi connectivity index (χ0v) is 10.4. The van der Waals surface area contributed by atoms with Crippen molar-refractivity contribution in [2.24, 2.45) is 0 Å². The van der Waals surface area contributed by atoms with E-state index in [1.54, 1.807) is 11.9 Å². The minimum absolute atomic E-state index is 0.0467. The molecule has 0 heterocycles. The molecule has 0 radical (unpaired) electrons. The summed E-state index contributed by atoms with van der Waals surface area (Å²) >= 11 is 6.01. The molecule has 0 saturated carbocycles. The normalized spacial score (nSPS) is 9.94. The van der Waals surface area contributed by atoms with Crippen molar-refractivity contribution in [2.75, 3.05) is 20.1 Å². The fraction of sp³-hybridized carbons (Fsp3) is 0.417. The second kappa shape index (κ2) is 6.38. The summed E-state index contributed by atoms with van der Waals surface area (Å²) in [4.78, 5) is 13.1. The number of amides is 2. The van der Waals surface area contributed by atoms with E-state index in [1.807, 2.05) is 31.2 Å². The Morgan fingerprint density at radius 2 is 2.12 bits per heavy atom. The fourth-order valence-electron chi connectivity index (χ4n) is 1.28. The highest BCUT2D eigenvalue weighted by Gasteiger charge is 2.05. The van der Waals surface area contributed by atoms with Crippen LogP contribution in [0.25, 0.3) is 0 Å². The quantitative estimate of drug-likeness (QED) is 0.862. The van der Waals surface area contributed by atoms with Gasteiger partial charge in [0.15, 0.2) is 0 Å². The van der Waals surface area contributed by atoms with E-state index in [4.69, 9.17) is 11.6 Å². The Labute approximate surface area is 101 Å². The molecule has 0 aromatic heterocycles. The van der Waals surface area contributed by atoms with Crippen LogP contribution in [0.5, 0.6) is 0 Å². The van der Waals surface area contributed by atoms with Crippen LogP contribution < -0.4 is 5.32 Å². The van der Waals surface area contributed by atoms with Gasteiger partial charge in [0.1, 0.15) is 0 Å². The molecule has 0 fully saturated rings. The number of carbonyl (C=O) groups is 1. The molecule has 2 amide bonds. The first-order valence-electron chi connectivity index (χ1n) is 5.37. The number of carbonyl (C=O) groups excluding carboxylic acids is 1. The lowest BCUT2D eigenvalue weighted by atomic mass is 10.1. The maximum atomic E-state index is 11.4. The average Bonchev–Trinajstić information content (AvgIpc) is 2.30. The molecule has 0 saturated heterocycles. The van der Waals surface area contributed by atoms with E-state index in [0.29, 0.717) is 13.1 Å². The summed E-state index contributed by atoms with van der Waals surface area (Å²) in [6, 6.07) is 7.63. The molecule has 0 spiro atoms. The molecule has 0 aliphatic carbocycles. The van der Waals surface area contributed by atoms with E-state index < -0.39 is 0 Å². The van der Waals surface area contributed by atoms with Crippen LogP contribution in [0.4, 0.5) is 4.79 Å². The molecule has 0 unspecified atom stereocenters. The van der Waals surface area contributed by atoms with Gasteiger partial charge in [-0.25, -0.2) is 4.79 Å². The van der Waals surface area contributed by atoms with E-state index in [2.05, 4.69) is 5.32 Å². The van der Waals surface area contributed by atoms with Crippen LogP contribution in [0, 0.1) is 0 Å². The predicted octanol–water partition coefficient (Wildman–Crippen LogP) is 2.54. The lowest BCUT2D eigenvalue weighted by Gasteiger charge is -2.15. The molecule has 0 atom stereocenters. The van der Waals surface area contributed by atoms with Gasteiger partial charge in [0, 0.05) is 25.2 Å². The lowest BCUT2D eigenvalue weighted by molar-refractivity contribution is 0.211. The van der Waals surface area contributed by atoms with Crippen molar-refractivity contribution in [3.63, 3.8) is 0 Å². The molecule has 0 aliphatic heterocycles. The highest BCUT2D eigenvalue weighted by Crippen LogP contribution is 2.14. The summed E-state index contributed by atoms with van der Waals surface area (Å²) in [5.74, 6) is 0. The van der Waals surface area contributed by atoms with E-state index in [9.17, 15) is 4.79 Å². The number of rotatable bonds is 4. The third-order valence-electron chi connectivity index (χ3n) is 2.45. The average molecular weight is 241 g/mol. The minimum Gasteiger partial charge on any atom is -0.338 e. The predicted molar refractivity (Wildman–Crippen MR) is 66.9 cm³/mol. The highest BCUT2D eigenvalue weighted by molar-refractivity contribution is 6.31. The Bertz CT molecular complexity index is 355. The van der Waals surface area contributed by atoms with Crippen molar-refractivity contribution >= 4 is 17.6 Å². The smallest absolute Gasteiger partial charge is 0.317 e. The number of benzene rings is 1. The van der Waals surface area contributed by atoms with Crippen LogP contribution in [-0.2, 0) is 6.42 Å². The summed E-state index contributed by atoms with van der Waals surface area (Å²) in [7, 11) is 1.77. The lowest BCUT2D eigenvalue weighted by Crippen LogP contribution is -2.37. The summed E-state index contributed by atoms with van der Waals surface area (Å²) in [6.07, 6.45) is 0.753. The summed E-state index contributed by atoms with van der Waals surface area (Å²) in [5, 5.41) is 3.59. The van der Waals surface area contributed by atoms with Crippen LogP contribution in [0.3, 0.4) is 0 Å². The Kier molecular flexibility index (Phi) is 5.12. The number of halogens is 1. The largest absolute Gasteiger partial charge is 0.338 e. The van der Waals surface area contributed by atoms with E-state index in [-0.39, 0.29) is 6.03 Å². The van der Waals surface area contributed by atoms with Gasteiger partial charge < -0.3 is 10.2 Å². The minimum atomic E-state index is -0.0467. The van der Waals surface area contributed by atoms with Gasteiger partial charge in [-0.2, -0.15) is 0 Å². The molecule has 1 N–H and O–H groups in total. The summed E-state index contributed by atoms with van der Waals surface area (Å²) in [6.45, 7) is 3.25. The monoisotopic (exact) mass is 240 g/mol. The Morgan fingerprint density at radius 3 is 2.75 bits per heavy atom. The van der Waals surface area contributed by atoms with E-state index >= 15 is 0 Å². The summed E-state index contributed by atoms with van der Waals surface area (Å²) in [5.41, 5.74) is 1.06. The van der Waals surface area contributed by atoms with Gasteiger partial charge in [0.25, 0.3) is 0 Å². The van der Waals surface area contributed by atoms with Crippen molar-refractivity contribution in [2.45, 2.75) is 13.3 Å². The van der Waals surface area contributed by atoms with Crippen LogP contribution in [0.15, 0.2) is 24.3 Å². The van der Waals surface area contributed by atoms with Crippen LogP contribution in [-0.4, -0.2) is 31.1 Å². The van der Waals surface area contributed by atoms with Crippen molar-refractivity contribution in [1.82, 2.24) is 10.2 Å². The first-order chi connectivity index (χ1) is 7.65. The zero-order chi connectivity index (χ0) is 12.0. The van der Waals surface area contributed by atoms with Gasteiger partial charge >= 0.3 is 6.03 Å². The number of urea groups is 1. The molecule has 1 aromatic carbocycles. The van der Waals surface area contributed by atoms with E-state index in [1.165, 1.54) is 0 Å². The molecular weight excluding hydrogens is 224 g/mol. The van der Waals surface area contributed by atoms with Crippen molar-refractivity contribution in [3.05, 3.63) is 34.9 Å². The van der Waals surface area contributed by atoms with Crippen molar-refractivity contribution in [3.8, 4) is 0 Å². The molecule has 1 rings (SSSR count). The highest BCUT2D eigenvalue weighted by atomic mass is 35.5. The molecule has 0 bridgehead atoms. The molecule has 1 aromatic rings. The van der Waals surface area contributed by atoms with Crippen LogP contribution in [0.1, 0.15) is 12.5 Å². The van der Waals surface area contributed by atoms with Gasteiger partial charge in [-0.3, -0.25) is 0 Å². The maximum absolute atomic E-state index is 11.4. The van der Waals surface area contributed by atoms with Gasteiger partial charge in [-0.05, 0) is 25.0 Å². The van der Waals surface area contributed by atoms with Gasteiger partial charge in [0.05, 0.1) is 0 Å². The molecular formula is C12H17ClN2O. The molecule has 88 valence electrons. The molecule has 4 heteroatoms. The second-order valence-corrected chi connectivity index (χ2v) is 3.99. The van der Waals surface area contributed by atoms with E-state index in [0.717, 1.165) is 17.0 Å². The standard InChI is InChI=1S/C12H17ClN2O/c1-3-15(2)12(16)14-9-8-10-6-4-5-7-11(10)13/h4-7H,3,8-9H2,1-2H3,(H,14,16). The Morgan fingerprint density at radius 1 is 1.44 bits per heavy atom. The first-order valence-corrected chi connectivity index (χ1v) is 5.75. The second-order valence-electron chi connectivity index (χ2n) is 3.59. The fourth-order valence-corrected chi connectivity index (χ4v) is 1.51. The van der Waals surface area contributed by atoms with Gasteiger partial charge in [0.2, 0.25) is 0 Å². The molecule has 3 nitrogen and oxygen atoms in total. The first kappa shape index (κ1) is 12.8. The van der Waals surface area contributed by atoms with Crippen molar-refractivity contribution < 1.29 is 4.79 Å². The zero-order valence-electron chi connectivity index (χ0n) is 9.66. The Hall–Kier alpha value is -1.22. The third-order valence-corrected chi connectivity index (χ3v) is 2.82. The third kappa shape index (κ3) is 3.74. The van der Waals surface area contributed by atoms with Crippen LogP contribution >= 0.6 is 11.6 Å². The van der Waals surface area contributed by atoms with Crippen molar-refractivity contribution in [1.29, 1.82) is 0 Å². The number of nitrogens with zero attached hydrogens (tertiary/aromatic N) is 1. The number of hydrogen-bond acceptors (Lipinski definition) is 1.